The molecular weight excluding hydrogens is 260 g/mol. The number of fused-ring (bicyclic) bond motifs is 1. The number of aryl methyl sites for hydroxylation is 2. The molecule has 0 spiro atoms. The van der Waals surface area contributed by atoms with Crippen molar-refractivity contribution in [1.82, 2.24) is 9.55 Å². The van der Waals surface area contributed by atoms with Crippen molar-refractivity contribution >= 4 is 16.8 Å². The minimum atomic E-state index is 0.176. The van der Waals surface area contributed by atoms with Crippen LogP contribution in [0.25, 0.3) is 11.0 Å². The highest BCUT2D eigenvalue weighted by Crippen LogP contribution is 2.17. The van der Waals surface area contributed by atoms with Gasteiger partial charge in [-0.05, 0) is 12.1 Å². The van der Waals surface area contributed by atoms with Gasteiger partial charge in [0.05, 0.1) is 11.0 Å². The van der Waals surface area contributed by atoms with E-state index in [1.54, 1.807) is 0 Å². The summed E-state index contributed by atoms with van der Waals surface area (Å²) in [5.41, 5.74) is 2.89. The number of Topliss-reactive ketones (excluding diaryl/α,β-unsaturated/α-hetero) is 1. The Morgan fingerprint density at radius 1 is 1.05 bits per heavy atom. The fourth-order valence-corrected chi connectivity index (χ4v) is 2.63. The van der Waals surface area contributed by atoms with Crippen molar-refractivity contribution in [2.24, 2.45) is 0 Å². The van der Waals surface area contributed by atoms with E-state index < -0.39 is 0 Å². The van der Waals surface area contributed by atoms with E-state index in [9.17, 15) is 4.79 Å². The monoisotopic (exact) mass is 278 g/mol. The Labute approximate surface area is 124 Å². The largest absolute Gasteiger partial charge is 0.328 e. The van der Waals surface area contributed by atoms with Crippen molar-refractivity contribution in [3.8, 4) is 0 Å². The number of imidazole rings is 1. The molecule has 0 amide bonds. The molecule has 0 saturated carbocycles. The molecule has 1 heterocycles. The van der Waals surface area contributed by atoms with Crippen LogP contribution in [0.1, 0.15) is 29.5 Å². The predicted octanol–water partition coefficient (Wildman–Crippen LogP) is 3.87. The molecule has 0 N–H and O–H groups in total. The van der Waals surface area contributed by atoms with Crippen molar-refractivity contribution in [2.45, 2.75) is 26.3 Å². The summed E-state index contributed by atoms with van der Waals surface area (Å²) in [4.78, 5) is 16.9. The summed E-state index contributed by atoms with van der Waals surface area (Å²) in [5, 5.41) is 0. The summed E-state index contributed by atoms with van der Waals surface area (Å²) >= 11 is 0. The van der Waals surface area contributed by atoms with Gasteiger partial charge in [0.1, 0.15) is 5.82 Å². The molecule has 3 aromatic rings. The fourth-order valence-electron chi connectivity index (χ4n) is 2.63. The van der Waals surface area contributed by atoms with Crippen LogP contribution in [0.3, 0.4) is 0 Å². The molecule has 0 fully saturated rings. The average molecular weight is 278 g/mol. The van der Waals surface area contributed by atoms with Crippen LogP contribution in [-0.2, 0) is 13.0 Å². The third kappa shape index (κ3) is 2.72. The van der Waals surface area contributed by atoms with E-state index in [0.29, 0.717) is 13.0 Å². The normalized spacial score (nSPS) is 10.9. The number of benzene rings is 2. The van der Waals surface area contributed by atoms with Gasteiger partial charge >= 0.3 is 0 Å². The van der Waals surface area contributed by atoms with Gasteiger partial charge in [0.15, 0.2) is 5.78 Å². The zero-order valence-corrected chi connectivity index (χ0v) is 12.1. The second kappa shape index (κ2) is 5.92. The molecule has 0 radical (unpaired) electrons. The molecule has 3 rings (SSSR count). The molecule has 1 aromatic heterocycles. The lowest BCUT2D eigenvalue weighted by Crippen LogP contribution is -2.08. The Kier molecular flexibility index (Phi) is 3.82. The number of aromatic nitrogens is 2. The lowest BCUT2D eigenvalue weighted by molar-refractivity contribution is 0.0977. The molecule has 3 nitrogen and oxygen atoms in total. The molecule has 0 aliphatic heterocycles. The minimum Gasteiger partial charge on any atom is -0.328 e. The highest BCUT2D eigenvalue weighted by molar-refractivity contribution is 5.96. The van der Waals surface area contributed by atoms with E-state index in [0.717, 1.165) is 28.8 Å². The quantitative estimate of drug-likeness (QED) is 0.664. The summed E-state index contributed by atoms with van der Waals surface area (Å²) < 4.78 is 2.16. The predicted molar refractivity (Wildman–Crippen MR) is 84.5 cm³/mol. The number of carbonyl (C=O) groups is 1. The second-order valence-corrected chi connectivity index (χ2v) is 5.06. The summed E-state index contributed by atoms with van der Waals surface area (Å²) in [7, 11) is 0. The third-order valence-corrected chi connectivity index (χ3v) is 3.71. The van der Waals surface area contributed by atoms with E-state index in [1.807, 2.05) is 48.5 Å². The maximum Gasteiger partial charge on any atom is 0.164 e. The van der Waals surface area contributed by atoms with Gasteiger partial charge in [0.25, 0.3) is 0 Å². The van der Waals surface area contributed by atoms with Gasteiger partial charge in [0.2, 0.25) is 0 Å². The van der Waals surface area contributed by atoms with Gasteiger partial charge in [0, 0.05) is 24.9 Å². The van der Waals surface area contributed by atoms with Crippen LogP contribution in [0.2, 0.25) is 0 Å². The van der Waals surface area contributed by atoms with Gasteiger partial charge in [-0.3, -0.25) is 4.79 Å². The Balaban J connectivity index is 1.83. The number of carbonyl (C=O) groups excluding carboxylic acids is 1. The number of nitrogens with zero attached hydrogens (tertiary/aromatic N) is 2. The lowest BCUT2D eigenvalue weighted by atomic mass is 10.1. The van der Waals surface area contributed by atoms with Crippen LogP contribution in [0.5, 0.6) is 0 Å². The smallest absolute Gasteiger partial charge is 0.164 e. The van der Waals surface area contributed by atoms with Crippen molar-refractivity contribution in [3.63, 3.8) is 0 Å². The summed E-state index contributed by atoms with van der Waals surface area (Å²) in [5.74, 6) is 1.22. The standard InChI is InChI=1S/C18H18N2O/c1-2-18-19-15-10-6-7-11-16(15)20(18)13-12-17(21)14-8-4-3-5-9-14/h3-11H,2,12-13H2,1H3. The van der Waals surface area contributed by atoms with Crippen LogP contribution in [0.4, 0.5) is 0 Å². The van der Waals surface area contributed by atoms with Crippen LogP contribution in [-0.4, -0.2) is 15.3 Å². The number of rotatable bonds is 5. The summed E-state index contributed by atoms with van der Waals surface area (Å²) in [6.45, 7) is 2.77. The molecule has 0 bridgehead atoms. The number of hydrogen-bond acceptors (Lipinski definition) is 2. The molecule has 2 aromatic carbocycles. The zero-order valence-electron chi connectivity index (χ0n) is 12.1. The van der Waals surface area contributed by atoms with E-state index in [1.165, 1.54) is 0 Å². The lowest BCUT2D eigenvalue weighted by Gasteiger charge is -2.07. The minimum absolute atomic E-state index is 0.176. The van der Waals surface area contributed by atoms with Gasteiger partial charge < -0.3 is 4.57 Å². The van der Waals surface area contributed by atoms with Gasteiger partial charge in [-0.1, -0.05) is 49.4 Å². The molecule has 0 aliphatic carbocycles. The van der Waals surface area contributed by atoms with Crippen LogP contribution < -0.4 is 0 Å². The maximum absolute atomic E-state index is 12.2. The molecule has 0 unspecified atom stereocenters. The highest BCUT2D eigenvalue weighted by atomic mass is 16.1. The zero-order chi connectivity index (χ0) is 14.7. The Morgan fingerprint density at radius 3 is 2.52 bits per heavy atom. The van der Waals surface area contributed by atoms with Gasteiger partial charge in [-0.25, -0.2) is 4.98 Å². The van der Waals surface area contributed by atoms with E-state index in [2.05, 4.69) is 22.5 Å². The number of ketones is 1. The molecular formula is C18H18N2O. The first-order chi connectivity index (χ1) is 10.3. The second-order valence-electron chi connectivity index (χ2n) is 5.06. The van der Waals surface area contributed by atoms with Crippen LogP contribution in [0, 0.1) is 0 Å². The van der Waals surface area contributed by atoms with Gasteiger partial charge in [-0.15, -0.1) is 0 Å². The van der Waals surface area contributed by atoms with E-state index in [4.69, 9.17) is 0 Å². The van der Waals surface area contributed by atoms with Crippen molar-refractivity contribution in [2.75, 3.05) is 0 Å². The topological polar surface area (TPSA) is 34.9 Å². The Hall–Kier alpha value is -2.42. The summed E-state index contributed by atoms with van der Waals surface area (Å²) in [6.07, 6.45) is 1.37. The van der Waals surface area contributed by atoms with Crippen LogP contribution in [0.15, 0.2) is 54.6 Å². The Morgan fingerprint density at radius 2 is 1.76 bits per heavy atom. The highest BCUT2D eigenvalue weighted by Gasteiger charge is 2.11. The molecule has 0 saturated heterocycles. The molecule has 0 aliphatic rings. The molecule has 106 valence electrons. The van der Waals surface area contributed by atoms with E-state index >= 15 is 0 Å². The molecule has 3 heteroatoms. The number of hydrogen-bond donors (Lipinski definition) is 0. The first-order valence-corrected chi connectivity index (χ1v) is 7.32. The average Bonchev–Trinajstić information content (AvgIpc) is 2.91. The van der Waals surface area contributed by atoms with E-state index in [-0.39, 0.29) is 5.78 Å². The maximum atomic E-state index is 12.2. The van der Waals surface area contributed by atoms with Crippen molar-refractivity contribution in [1.29, 1.82) is 0 Å². The van der Waals surface area contributed by atoms with Crippen molar-refractivity contribution in [3.05, 3.63) is 66.0 Å². The fraction of sp³-hybridized carbons (Fsp3) is 0.222. The van der Waals surface area contributed by atoms with Gasteiger partial charge in [-0.2, -0.15) is 0 Å². The summed E-state index contributed by atoms with van der Waals surface area (Å²) in [6, 6.07) is 17.6. The molecule has 21 heavy (non-hydrogen) atoms. The third-order valence-electron chi connectivity index (χ3n) is 3.71. The molecule has 0 atom stereocenters. The SMILES string of the molecule is CCc1nc2ccccc2n1CCC(=O)c1ccccc1. The first kappa shape index (κ1) is 13.6. The van der Waals surface area contributed by atoms with Crippen LogP contribution >= 0.6 is 0 Å². The Bertz CT molecular complexity index is 759. The first-order valence-electron chi connectivity index (χ1n) is 7.32. The number of para-hydroxylation sites is 2. The van der Waals surface area contributed by atoms with Crippen molar-refractivity contribution < 1.29 is 4.79 Å².